The van der Waals surface area contributed by atoms with Gasteiger partial charge in [-0.25, -0.2) is 0 Å². The second-order valence-electron chi connectivity index (χ2n) is 6.34. The van der Waals surface area contributed by atoms with Gasteiger partial charge in [0.25, 0.3) is 0 Å². The molecule has 1 saturated carbocycles. The van der Waals surface area contributed by atoms with E-state index in [1.807, 2.05) is 0 Å². The third-order valence-corrected chi connectivity index (χ3v) is 4.85. The van der Waals surface area contributed by atoms with Crippen molar-refractivity contribution in [3.63, 3.8) is 0 Å². The lowest BCUT2D eigenvalue weighted by atomic mass is 10.0. The average Bonchev–Trinajstić information content (AvgIpc) is 3.28. The smallest absolute Gasteiger partial charge is 0.119 e. The predicted molar refractivity (Wildman–Crippen MR) is 86.9 cm³/mol. The van der Waals surface area contributed by atoms with Crippen LogP contribution in [0, 0.1) is 0 Å². The van der Waals surface area contributed by atoms with Gasteiger partial charge < -0.3 is 10.1 Å². The number of nitrogens with zero attached hydrogens (tertiary/aromatic N) is 1. The third kappa shape index (κ3) is 2.95. The lowest BCUT2D eigenvalue weighted by Gasteiger charge is -2.33. The minimum absolute atomic E-state index is 0.451. The number of hydrogen-bond acceptors (Lipinski definition) is 3. The summed E-state index contributed by atoms with van der Waals surface area (Å²) in [5.74, 6) is 0.978. The number of fused-ring (bicyclic) bond motifs is 1. The van der Waals surface area contributed by atoms with Crippen molar-refractivity contribution in [3.8, 4) is 5.75 Å². The summed E-state index contributed by atoms with van der Waals surface area (Å²) < 4.78 is 5.43. The molecule has 3 nitrogen and oxygen atoms in total. The van der Waals surface area contributed by atoms with Crippen LogP contribution in [0.2, 0.25) is 0 Å². The van der Waals surface area contributed by atoms with E-state index in [0.717, 1.165) is 18.3 Å². The van der Waals surface area contributed by atoms with Gasteiger partial charge in [-0.3, -0.25) is 4.90 Å². The molecule has 1 N–H and O–H groups in total. The highest BCUT2D eigenvalue weighted by atomic mass is 16.5. The Balaban J connectivity index is 1.87. The molecular weight excluding hydrogens is 260 g/mol. The van der Waals surface area contributed by atoms with Crippen molar-refractivity contribution in [2.75, 3.05) is 20.2 Å². The van der Waals surface area contributed by atoms with Gasteiger partial charge >= 0.3 is 0 Å². The van der Waals surface area contributed by atoms with Crippen LogP contribution in [-0.4, -0.2) is 37.2 Å². The highest BCUT2D eigenvalue weighted by Gasteiger charge is 2.41. The summed E-state index contributed by atoms with van der Waals surface area (Å²) in [6, 6.07) is 8.49. The molecule has 1 aromatic rings. The maximum Gasteiger partial charge on any atom is 0.119 e. The van der Waals surface area contributed by atoms with E-state index in [1.165, 1.54) is 43.4 Å². The molecule has 3 rings (SSSR count). The van der Waals surface area contributed by atoms with Gasteiger partial charge in [0.15, 0.2) is 0 Å². The van der Waals surface area contributed by atoms with E-state index in [1.54, 1.807) is 7.11 Å². The van der Waals surface area contributed by atoms with Crippen LogP contribution in [0.25, 0.3) is 0 Å². The Bertz CT molecular complexity index is 484. The first-order valence-corrected chi connectivity index (χ1v) is 8.44. The molecule has 1 aromatic carbocycles. The van der Waals surface area contributed by atoms with E-state index in [4.69, 9.17) is 4.74 Å². The second-order valence-corrected chi connectivity index (χ2v) is 6.34. The highest BCUT2D eigenvalue weighted by Crippen LogP contribution is 2.40. The van der Waals surface area contributed by atoms with Gasteiger partial charge in [0.2, 0.25) is 0 Å². The highest BCUT2D eigenvalue weighted by molar-refractivity contribution is 5.43. The maximum atomic E-state index is 5.43. The molecule has 0 aliphatic heterocycles. The first-order chi connectivity index (χ1) is 10.3. The molecule has 0 saturated heterocycles. The van der Waals surface area contributed by atoms with Crippen LogP contribution < -0.4 is 10.1 Å². The summed E-state index contributed by atoms with van der Waals surface area (Å²) >= 11 is 0. The topological polar surface area (TPSA) is 24.5 Å². The third-order valence-electron chi connectivity index (χ3n) is 4.85. The molecule has 21 heavy (non-hydrogen) atoms. The summed E-state index contributed by atoms with van der Waals surface area (Å²) in [4.78, 5) is 2.76. The van der Waals surface area contributed by atoms with E-state index in [2.05, 4.69) is 42.3 Å². The van der Waals surface area contributed by atoms with Crippen molar-refractivity contribution in [1.29, 1.82) is 0 Å². The monoisotopic (exact) mass is 288 g/mol. The van der Waals surface area contributed by atoms with Gasteiger partial charge in [0, 0.05) is 18.1 Å². The molecule has 2 unspecified atom stereocenters. The summed E-state index contributed by atoms with van der Waals surface area (Å²) in [6.45, 7) is 6.74. The standard InChI is InChI=1S/C18H28N2O/c1-4-10-20(14-7-8-14)17-11-13-6-9-15(21-3)12-16(13)18(17)19-5-2/h6,9,12,14,17-19H,4-5,7-8,10-11H2,1-3H3. The lowest BCUT2D eigenvalue weighted by molar-refractivity contribution is 0.157. The van der Waals surface area contributed by atoms with Crippen LogP contribution in [-0.2, 0) is 6.42 Å². The van der Waals surface area contributed by atoms with Gasteiger partial charge in [0.05, 0.1) is 7.11 Å². The van der Waals surface area contributed by atoms with E-state index in [9.17, 15) is 0 Å². The first kappa shape index (κ1) is 14.9. The van der Waals surface area contributed by atoms with E-state index in [0.29, 0.717) is 12.1 Å². The Hall–Kier alpha value is -1.06. The molecule has 2 aliphatic carbocycles. The molecule has 0 aromatic heterocycles. The Morgan fingerprint density at radius 1 is 1.29 bits per heavy atom. The zero-order valence-corrected chi connectivity index (χ0v) is 13.6. The van der Waals surface area contributed by atoms with Gasteiger partial charge in [0.1, 0.15) is 5.75 Å². The van der Waals surface area contributed by atoms with Gasteiger partial charge in [-0.1, -0.05) is 19.9 Å². The van der Waals surface area contributed by atoms with Crippen molar-refractivity contribution >= 4 is 0 Å². The molecular formula is C18H28N2O. The summed E-state index contributed by atoms with van der Waals surface area (Å²) in [5.41, 5.74) is 2.94. The molecule has 1 fully saturated rings. The number of hydrogen-bond donors (Lipinski definition) is 1. The van der Waals surface area contributed by atoms with E-state index in [-0.39, 0.29) is 0 Å². The van der Waals surface area contributed by atoms with Crippen molar-refractivity contribution in [3.05, 3.63) is 29.3 Å². The van der Waals surface area contributed by atoms with Gasteiger partial charge in [-0.15, -0.1) is 0 Å². The van der Waals surface area contributed by atoms with Crippen LogP contribution >= 0.6 is 0 Å². The van der Waals surface area contributed by atoms with E-state index >= 15 is 0 Å². The zero-order valence-electron chi connectivity index (χ0n) is 13.6. The predicted octanol–water partition coefficient (Wildman–Crippen LogP) is 3.14. The van der Waals surface area contributed by atoms with Crippen molar-refractivity contribution in [2.45, 2.75) is 57.7 Å². The fourth-order valence-corrected chi connectivity index (χ4v) is 3.78. The Morgan fingerprint density at radius 2 is 2.10 bits per heavy atom. The minimum Gasteiger partial charge on any atom is -0.497 e. The summed E-state index contributed by atoms with van der Waals surface area (Å²) in [6.07, 6.45) is 5.18. The lowest BCUT2D eigenvalue weighted by Crippen LogP contribution is -2.44. The SMILES string of the molecule is CCCN(C1CC1)C1Cc2ccc(OC)cc2C1NCC. The maximum absolute atomic E-state index is 5.43. The molecule has 3 heteroatoms. The van der Waals surface area contributed by atoms with Crippen molar-refractivity contribution in [2.24, 2.45) is 0 Å². The number of likely N-dealkylation sites (N-methyl/N-ethyl adjacent to an activating group) is 1. The van der Waals surface area contributed by atoms with Crippen molar-refractivity contribution in [1.82, 2.24) is 10.2 Å². The molecule has 2 atom stereocenters. The van der Waals surface area contributed by atoms with Crippen LogP contribution in [0.5, 0.6) is 5.75 Å². The minimum atomic E-state index is 0.451. The molecule has 0 radical (unpaired) electrons. The quantitative estimate of drug-likeness (QED) is 0.834. The molecule has 0 heterocycles. The molecule has 0 spiro atoms. The van der Waals surface area contributed by atoms with E-state index < -0.39 is 0 Å². The van der Waals surface area contributed by atoms with Crippen LogP contribution in [0.1, 0.15) is 50.3 Å². The molecule has 0 amide bonds. The first-order valence-electron chi connectivity index (χ1n) is 8.44. The van der Waals surface area contributed by atoms with Crippen LogP contribution in [0.15, 0.2) is 18.2 Å². The Kier molecular flexibility index (Phi) is 4.51. The van der Waals surface area contributed by atoms with Gasteiger partial charge in [-0.2, -0.15) is 0 Å². The normalized spacial score (nSPS) is 24.4. The number of benzene rings is 1. The fourth-order valence-electron chi connectivity index (χ4n) is 3.78. The molecule has 0 bridgehead atoms. The average molecular weight is 288 g/mol. The summed E-state index contributed by atoms with van der Waals surface area (Å²) in [7, 11) is 1.75. The number of nitrogens with one attached hydrogen (secondary N) is 1. The van der Waals surface area contributed by atoms with Crippen LogP contribution in [0.3, 0.4) is 0 Å². The molecule has 116 valence electrons. The summed E-state index contributed by atoms with van der Waals surface area (Å²) in [5, 5.41) is 3.73. The largest absolute Gasteiger partial charge is 0.497 e. The Morgan fingerprint density at radius 3 is 2.71 bits per heavy atom. The van der Waals surface area contributed by atoms with Gasteiger partial charge in [-0.05, 0) is 62.0 Å². The zero-order chi connectivity index (χ0) is 14.8. The van der Waals surface area contributed by atoms with Crippen LogP contribution in [0.4, 0.5) is 0 Å². The van der Waals surface area contributed by atoms with Crippen molar-refractivity contribution < 1.29 is 4.74 Å². The number of methoxy groups -OCH3 is 1. The fraction of sp³-hybridized carbons (Fsp3) is 0.667. The number of rotatable bonds is 7. The number of ether oxygens (including phenoxy) is 1. The second kappa shape index (κ2) is 6.37. The Labute approximate surface area is 128 Å². The molecule has 2 aliphatic rings.